The van der Waals surface area contributed by atoms with Crippen LogP contribution in [0.4, 0.5) is 8.78 Å². The molecule has 0 aliphatic carbocycles. The third-order valence-electron chi connectivity index (χ3n) is 3.70. The van der Waals surface area contributed by atoms with Crippen LogP contribution >= 0.6 is 11.6 Å². The first-order valence-electron chi connectivity index (χ1n) is 7.06. The van der Waals surface area contributed by atoms with Gasteiger partial charge in [0, 0.05) is 31.1 Å². The Morgan fingerprint density at radius 1 is 1.00 bits per heavy atom. The fourth-order valence-corrected chi connectivity index (χ4v) is 2.82. The van der Waals surface area contributed by atoms with E-state index in [0.717, 1.165) is 32.6 Å². The van der Waals surface area contributed by atoms with Crippen molar-refractivity contribution >= 4 is 11.6 Å². The third-order valence-corrected chi connectivity index (χ3v) is 3.87. The molecular weight excluding hydrogens is 282 g/mol. The molecule has 1 aromatic rings. The summed E-state index contributed by atoms with van der Waals surface area (Å²) in [4.78, 5) is 4.11. The number of nitrogens with zero attached hydrogens (tertiary/aromatic N) is 2. The van der Waals surface area contributed by atoms with E-state index < -0.39 is 5.92 Å². The molecule has 0 aromatic heterocycles. The molecule has 0 atom stereocenters. The maximum Gasteiger partial charge on any atom is 0.285 e. The van der Waals surface area contributed by atoms with Gasteiger partial charge in [-0.25, -0.2) is 0 Å². The molecule has 2 rings (SSSR count). The number of rotatable bonds is 5. The van der Waals surface area contributed by atoms with E-state index in [9.17, 15) is 8.78 Å². The zero-order valence-electron chi connectivity index (χ0n) is 11.6. The molecule has 1 aromatic carbocycles. The summed E-state index contributed by atoms with van der Waals surface area (Å²) >= 11 is 5.74. The van der Waals surface area contributed by atoms with Crippen LogP contribution in [-0.2, 0) is 5.92 Å². The van der Waals surface area contributed by atoms with Crippen molar-refractivity contribution in [3.05, 3.63) is 35.9 Å². The van der Waals surface area contributed by atoms with E-state index in [0.29, 0.717) is 12.4 Å². The summed E-state index contributed by atoms with van der Waals surface area (Å²) in [7, 11) is 0. The van der Waals surface area contributed by atoms with Crippen molar-refractivity contribution in [3.8, 4) is 0 Å². The summed E-state index contributed by atoms with van der Waals surface area (Å²) in [6, 6.07) is 8.08. The van der Waals surface area contributed by atoms with E-state index >= 15 is 0 Å². The van der Waals surface area contributed by atoms with Gasteiger partial charge < -0.3 is 4.90 Å². The molecule has 0 unspecified atom stereocenters. The topological polar surface area (TPSA) is 6.48 Å². The molecule has 0 bridgehead atoms. The lowest BCUT2D eigenvalue weighted by atomic mass is 10.1. The predicted molar refractivity (Wildman–Crippen MR) is 78.6 cm³/mol. The van der Waals surface area contributed by atoms with Gasteiger partial charge in [-0.3, -0.25) is 4.90 Å². The maximum atomic E-state index is 14.2. The molecule has 112 valence electrons. The van der Waals surface area contributed by atoms with Gasteiger partial charge in [0.2, 0.25) is 0 Å². The highest BCUT2D eigenvalue weighted by Gasteiger charge is 2.34. The van der Waals surface area contributed by atoms with Crippen molar-refractivity contribution < 1.29 is 8.78 Å². The van der Waals surface area contributed by atoms with Gasteiger partial charge in [0.25, 0.3) is 5.92 Å². The van der Waals surface area contributed by atoms with Crippen molar-refractivity contribution in [1.29, 1.82) is 0 Å². The summed E-state index contributed by atoms with van der Waals surface area (Å²) in [5.74, 6) is -2.19. The number of hydrogen-bond donors (Lipinski definition) is 0. The second kappa shape index (κ2) is 7.34. The third kappa shape index (κ3) is 4.40. The summed E-state index contributed by atoms with van der Waals surface area (Å²) in [5, 5.41) is 0. The molecule has 1 saturated heterocycles. The van der Waals surface area contributed by atoms with Gasteiger partial charge in [0.05, 0.1) is 6.54 Å². The fraction of sp³-hybridized carbons (Fsp3) is 0.600. The second-order valence-electron chi connectivity index (χ2n) is 5.23. The van der Waals surface area contributed by atoms with Crippen LogP contribution in [0, 0.1) is 0 Å². The van der Waals surface area contributed by atoms with Crippen molar-refractivity contribution in [2.75, 3.05) is 45.1 Å². The van der Waals surface area contributed by atoms with E-state index in [-0.39, 0.29) is 12.1 Å². The van der Waals surface area contributed by atoms with E-state index in [2.05, 4.69) is 4.90 Å². The number of alkyl halides is 3. The predicted octanol–water partition coefficient (Wildman–Crippen LogP) is 3.02. The van der Waals surface area contributed by atoms with Crippen LogP contribution in [0.2, 0.25) is 0 Å². The highest BCUT2D eigenvalue weighted by molar-refractivity contribution is 6.18. The summed E-state index contributed by atoms with van der Waals surface area (Å²) in [6.45, 7) is 3.80. The first-order valence-corrected chi connectivity index (χ1v) is 7.59. The van der Waals surface area contributed by atoms with Crippen LogP contribution in [0.3, 0.4) is 0 Å². The van der Waals surface area contributed by atoms with Crippen molar-refractivity contribution in [2.45, 2.75) is 12.3 Å². The highest BCUT2D eigenvalue weighted by Crippen LogP contribution is 2.29. The zero-order valence-corrected chi connectivity index (χ0v) is 12.3. The largest absolute Gasteiger partial charge is 0.301 e. The minimum absolute atomic E-state index is 0.0989. The Balaban J connectivity index is 1.92. The first kappa shape index (κ1) is 15.7. The Morgan fingerprint density at radius 2 is 1.65 bits per heavy atom. The van der Waals surface area contributed by atoms with Gasteiger partial charge in [-0.05, 0) is 19.5 Å². The van der Waals surface area contributed by atoms with Gasteiger partial charge >= 0.3 is 0 Å². The fourth-order valence-electron chi connectivity index (χ4n) is 2.58. The number of hydrogen-bond acceptors (Lipinski definition) is 2. The van der Waals surface area contributed by atoms with Crippen molar-refractivity contribution in [2.24, 2.45) is 0 Å². The van der Waals surface area contributed by atoms with Crippen LogP contribution in [0.1, 0.15) is 12.0 Å². The summed E-state index contributed by atoms with van der Waals surface area (Å²) < 4.78 is 28.5. The van der Waals surface area contributed by atoms with Gasteiger partial charge in [0.15, 0.2) is 0 Å². The molecule has 0 saturated carbocycles. The van der Waals surface area contributed by atoms with Crippen LogP contribution in [-0.4, -0.2) is 54.9 Å². The monoisotopic (exact) mass is 302 g/mol. The number of halogens is 3. The molecule has 5 heteroatoms. The molecule has 1 aliphatic rings. The van der Waals surface area contributed by atoms with E-state index in [1.165, 1.54) is 12.1 Å². The second-order valence-corrected chi connectivity index (χ2v) is 5.61. The number of benzene rings is 1. The van der Waals surface area contributed by atoms with Crippen LogP contribution in [0.5, 0.6) is 0 Å². The van der Waals surface area contributed by atoms with E-state index in [1.807, 2.05) is 4.90 Å². The van der Waals surface area contributed by atoms with Gasteiger partial charge in [-0.15, -0.1) is 11.6 Å². The Bertz CT molecular complexity index is 400. The minimum atomic E-state index is -2.79. The molecule has 20 heavy (non-hydrogen) atoms. The van der Waals surface area contributed by atoms with Crippen LogP contribution < -0.4 is 0 Å². The van der Waals surface area contributed by atoms with E-state index in [4.69, 9.17) is 11.6 Å². The van der Waals surface area contributed by atoms with Gasteiger partial charge in [0.1, 0.15) is 0 Å². The average Bonchev–Trinajstić information content (AvgIpc) is 2.66. The lowest BCUT2D eigenvalue weighted by Crippen LogP contribution is -2.38. The Labute approximate surface area is 124 Å². The Morgan fingerprint density at radius 3 is 2.35 bits per heavy atom. The lowest BCUT2D eigenvalue weighted by molar-refractivity contribution is -0.0369. The lowest BCUT2D eigenvalue weighted by Gasteiger charge is -2.26. The van der Waals surface area contributed by atoms with Gasteiger partial charge in [-0.1, -0.05) is 30.3 Å². The first-order chi connectivity index (χ1) is 9.62. The smallest absolute Gasteiger partial charge is 0.285 e. The Hall–Kier alpha value is -0.710. The SMILES string of the molecule is FC(F)(CN1CCCN(CCCl)CC1)c1ccccc1. The molecule has 0 amide bonds. The van der Waals surface area contributed by atoms with Crippen molar-refractivity contribution in [1.82, 2.24) is 9.80 Å². The molecule has 1 heterocycles. The quantitative estimate of drug-likeness (QED) is 0.772. The zero-order chi connectivity index (χ0) is 14.4. The molecule has 0 radical (unpaired) electrons. The normalized spacial score (nSPS) is 18.9. The van der Waals surface area contributed by atoms with Gasteiger partial charge in [-0.2, -0.15) is 8.78 Å². The summed E-state index contributed by atoms with van der Waals surface area (Å²) in [5.41, 5.74) is 0.0989. The minimum Gasteiger partial charge on any atom is -0.301 e. The maximum absolute atomic E-state index is 14.2. The molecule has 0 spiro atoms. The van der Waals surface area contributed by atoms with Crippen LogP contribution in [0.25, 0.3) is 0 Å². The standard InChI is InChI=1S/C15H21ClF2N2/c16-7-10-19-8-4-9-20(12-11-19)13-15(17,18)14-5-2-1-3-6-14/h1-3,5-6H,4,7-13H2. The molecule has 1 fully saturated rings. The molecule has 0 N–H and O–H groups in total. The molecular formula is C15H21ClF2N2. The van der Waals surface area contributed by atoms with Crippen molar-refractivity contribution in [3.63, 3.8) is 0 Å². The molecule has 1 aliphatic heterocycles. The molecule has 2 nitrogen and oxygen atoms in total. The average molecular weight is 303 g/mol. The van der Waals surface area contributed by atoms with Crippen LogP contribution in [0.15, 0.2) is 30.3 Å². The summed E-state index contributed by atoms with van der Waals surface area (Å²) in [6.07, 6.45) is 0.918. The Kier molecular flexibility index (Phi) is 5.75. The van der Waals surface area contributed by atoms with E-state index in [1.54, 1.807) is 18.2 Å². The highest BCUT2D eigenvalue weighted by atomic mass is 35.5.